The van der Waals surface area contributed by atoms with Gasteiger partial charge in [-0.25, -0.2) is 0 Å². The van der Waals surface area contributed by atoms with Gasteiger partial charge in [0.05, 0.1) is 17.3 Å². The summed E-state index contributed by atoms with van der Waals surface area (Å²) < 4.78 is 3.43. The van der Waals surface area contributed by atoms with Crippen molar-refractivity contribution in [1.82, 2.24) is 19.2 Å². The Morgan fingerprint density at radius 1 is 0.917 bits per heavy atom. The number of fused-ring (bicyclic) bond motifs is 1. The molecular formula is C29H33N5O2. The minimum atomic E-state index is -0.408. The van der Waals surface area contributed by atoms with Crippen LogP contribution < -0.4 is 10.5 Å². The average molecular weight is 484 g/mol. The minimum absolute atomic E-state index is 0.0819. The third kappa shape index (κ3) is 3.98. The molecule has 0 bridgehead atoms. The predicted molar refractivity (Wildman–Crippen MR) is 144 cm³/mol. The van der Waals surface area contributed by atoms with Crippen LogP contribution in [0.2, 0.25) is 0 Å². The standard InChI is InChI=1S/C29H33N5O2/c1-19-11-12-20(2)26(17-19)31-13-15-32(16-14-31)28(35)23(5)33-21(3)25-18-30-34(24-9-7-6-8-10-24)29(36)27(25)22(33)4/h6-12,17-18,23H,13-16H2,1-5H3/t23-/m0/s1. The number of rotatable bonds is 4. The van der Waals surface area contributed by atoms with Gasteiger partial charge >= 0.3 is 0 Å². The van der Waals surface area contributed by atoms with Crippen molar-refractivity contribution < 1.29 is 4.79 Å². The summed E-state index contributed by atoms with van der Waals surface area (Å²) in [5, 5.41) is 5.84. The highest BCUT2D eigenvalue weighted by Crippen LogP contribution is 2.28. The Balaban J connectivity index is 1.40. The maximum absolute atomic E-state index is 13.6. The van der Waals surface area contributed by atoms with Crippen molar-refractivity contribution in [3.8, 4) is 5.69 Å². The molecule has 0 radical (unpaired) electrons. The molecule has 1 atom stereocenters. The molecular weight excluding hydrogens is 450 g/mol. The Hall–Kier alpha value is -3.87. The summed E-state index contributed by atoms with van der Waals surface area (Å²) in [6, 6.07) is 15.5. The summed E-state index contributed by atoms with van der Waals surface area (Å²) in [4.78, 5) is 31.3. The molecule has 186 valence electrons. The highest BCUT2D eigenvalue weighted by Gasteiger charge is 2.29. The van der Waals surface area contributed by atoms with Gasteiger partial charge in [0.1, 0.15) is 6.04 Å². The molecule has 4 aromatic rings. The summed E-state index contributed by atoms with van der Waals surface area (Å²) >= 11 is 0. The summed E-state index contributed by atoms with van der Waals surface area (Å²) in [5.74, 6) is 0.0819. The molecule has 0 aliphatic carbocycles. The van der Waals surface area contributed by atoms with Crippen molar-refractivity contribution in [1.29, 1.82) is 0 Å². The lowest BCUT2D eigenvalue weighted by molar-refractivity contribution is -0.134. The molecule has 2 aromatic carbocycles. The first-order valence-electron chi connectivity index (χ1n) is 12.5. The van der Waals surface area contributed by atoms with Gasteiger partial charge in [-0.1, -0.05) is 30.3 Å². The van der Waals surface area contributed by atoms with E-state index < -0.39 is 6.04 Å². The van der Waals surface area contributed by atoms with Crippen molar-refractivity contribution in [2.24, 2.45) is 0 Å². The highest BCUT2D eigenvalue weighted by molar-refractivity contribution is 5.89. The lowest BCUT2D eigenvalue weighted by atomic mass is 10.1. The molecule has 0 spiro atoms. The van der Waals surface area contributed by atoms with Crippen LogP contribution in [0.4, 0.5) is 5.69 Å². The number of carbonyl (C=O) groups is 1. The van der Waals surface area contributed by atoms with Crippen molar-refractivity contribution in [3.05, 3.63) is 87.6 Å². The van der Waals surface area contributed by atoms with Gasteiger partial charge < -0.3 is 14.4 Å². The molecule has 1 aliphatic heterocycles. The molecule has 1 saturated heterocycles. The molecule has 5 rings (SSSR count). The Morgan fingerprint density at radius 2 is 1.61 bits per heavy atom. The molecule has 0 unspecified atom stereocenters. The first-order valence-corrected chi connectivity index (χ1v) is 12.5. The normalized spacial score (nSPS) is 14.9. The van der Waals surface area contributed by atoms with Gasteiger partial charge in [-0.2, -0.15) is 9.78 Å². The van der Waals surface area contributed by atoms with E-state index in [9.17, 15) is 9.59 Å². The molecule has 1 aliphatic rings. The number of piperazine rings is 1. The first-order chi connectivity index (χ1) is 17.3. The number of amides is 1. The number of benzene rings is 2. The van der Waals surface area contributed by atoms with Gasteiger partial charge in [0.15, 0.2) is 0 Å². The topological polar surface area (TPSA) is 63.4 Å². The summed E-state index contributed by atoms with van der Waals surface area (Å²) in [7, 11) is 0. The van der Waals surface area contributed by atoms with Crippen LogP contribution >= 0.6 is 0 Å². The number of anilines is 1. The SMILES string of the molecule is Cc1ccc(C)c(N2CCN(C(=O)[C@H](C)n3c(C)c4cnn(-c5ccccc5)c(=O)c4c3C)CC2)c1. The molecule has 36 heavy (non-hydrogen) atoms. The third-order valence-electron chi connectivity index (χ3n) is 7.49. The van der Waals surface area contributed by atoms with Gasteiger partial charge in [-0.3, -0.25) is 9.59 Å². The van der Waals surface area contributed by atoms with Crippen LogP contribution in [0, 0.1) is 27.7 Å². The Morgan fingerprint density at radius 3 is 2.31 bits per heavy atom. The fourth-order valence-corrected chi connectivity index (χ4v) is 5.52. The smallest absolute Gasteiger partial charge is 0.281 e. The zero-order valence-corrected chi connectivity index (χ0v) is 21.7. The van der Waals surface area contributed by atoms with E-state index in [2.05, 4.69) is 42.0 Å². The summed E-state index contributed by atoms with van der Waals surface area (Å²) in [6.07, 6.45) is 1.74. The molecule has 2 aromatic heterocycles. The lowest BCUT2D eigenvalue weighted by Gasteiger charge is -2.38. The fourth-order valence-electron chi connectivity index (χ4n) is 5.52. The Bertz CT molecular complexity index is 1490. The van der Waals surface area contributed by atoms with Crippen LogP contribution in [0.1, 0.15) is 35.5 Å². The molecule has 1 amide bonds. The Kier molecular flexibility index (Phi) is 6.16. The van der Waals surface area contributed by atoms with E-state index in [4.69, 9.17) is 0 Å². The zero-order valence-electron chi connectivity index (χ0n) is 21.7. The monoisotopic (exact) mass is 483 g/mol. The van der Waals surface area contributed by atoms with E-state index in [1.165, 1.54) is 21.5 Å². The van der Waals surface area contributed by atoms with Gasteiger partial charge in [-0.15, -0.1) is 0 Å². The number of carbonyl (C=O) groups excluding carboxylic acids is 1. The number of hydrogen-bond acceptors (Lipinski definition) is 4. The third-order valence-corrected chi connectivity index (χ3v) is 7.49. The highest BCUT2D eigenvalue weighted by atomic mass is 16.2. The van der Waals surface area contributed by atoms with Crippen LogP contribution in [0.25, 0.3) is 16.5 Å². The Labute approximate surface area is 211 Å². The molecule has 7 heteroatoms. The van der Waals surface area contributed by atoms with Gasteiger partial charge in [0.25, 0.3) is 5.56 Å². The second kappa shape index (κ2) is 9.30. The van der Waals surface area contributed by atoms with Crippen molar-refractivity contribution in [2.45, 2.75) is 40.7 Å². The van der Waals surface area contributed by atoms with Gasteiger partial charge in [-0.05, 0) is 63.9 Å². The van der Waals surface area contributed by atoms with Crippen LogP contribution in [0.3, 0.4) is 0 Å². The average Bonchev–Trinajstić information content (AvgIpc) is 3.15. The minimum Gasteiger partial charge on any atom is -0.368 e. The van der Waals surface area contributed by atoms with Crippen LogP contribution in [0.15, 0.2) is 59.5 Å². The van der Waals surface area contributed by atoms with Crippen molar-refractivity contribution >= 4 is 22.4 Å². The fraction of sp³-hybridized carbons (Fsp3) is 0.345. The van der Waals surface area contributed by atoms with E-state index in [1.54, 1.807) is 6.20 Å². The van der Waals surface area contributed by atoms with Gasteiger partial charge in [0.2, 0.25) is 5.91 Å². The van der Waals surface area contributed by atoms with E-state index in [1.807, 2.05) is 60.6 Å². The lowest BCUT2D eigenvalue weighted by Crippen LogP contribution is -2.50. The zero-order chi connectivity index (χ0) is 25.6. The van der Waals surface area contributed by atoms with Crippen LogP contribution in [0.5, 0.6) is 0 Å². The number of aryl methyl sites for hydroxylation is 4. The van der Waals surface area contributed by atoms with Crippen molar-refractivity contribution in [3.63, 3.8) is 0 Å². The maximum atomic E-state index is 13.6. The molecule has 0 saturated carbocycles. The number of nitrogens with zero attached hydrogens (tertiary/aromatic N) is 5. The molecule has 1 fully saturated rings. The quantitative estimate of drug-likeness (QED) is 0.433. The van der Waals surface area contributed by atoms with Crippen LogP contribution in [-0.4, -0.2) is 51.3 Å². The van der Waals surface area contributed by atoms with Crippen LogP contribution in [-0.2, 0) is 4.79 Å². The molecule has 0 N–H and O–H groups in total. The van der Waals surface area contributed by atoms with E-state index in [0.717, 1.165) is 35.6 Å². The second-order valence-corrected chi connectivity index (χ2v) is 9.80. The number of aromatic nitrogens is 3. The maximum Gasteiger partial charge on any atom is 0.281 e. The molecule has 7 nitrogen and oxygen atoms in total. The largest absolute Gasteiger partial charge is 0.368 e. The predicted octanol–water partition coefficient (Wildman–Crippen LogP) is 4.33. The second-order valence-electron chi connectivity index (χ2n) is 9.80. The number of para-hydroxylation sites is 1. The van der Waals surface area contributed by atoms with E-state index >= 15 is 0 Å². The first kappa shape index (κ1) is 23.9. The summed E-state index contributed by atoms with van der Waals surface area (Å²) in [5.41, 5.74) is 6.00. The number of hydrogen-bond donors (Lipinski definition) is 0. The van der Waals surface area contributed by atoms with Crippen molar-refractivity contribution in [2.75, 3.05) is 31.1 Å². The van der Waals surface area contributed by atoms with E-state index in [0.29, 0.717) is 18.5 Å². The molecule has 3 heterocycles. The summed E-state index contributed by atoms with van der Waals surface area (Å²) in [6.45, 7) is 13.0. The van der Waals surface area contributed by atoms with Gasteiger partial charge in [0, 0.05) is 48.6 Å². The van der Waals surface area contributed by atoms with E-state index in [-0.39, 0.29) is 11.5 Å².